The third kappa shape index (κ3) is 1.76. The Kier molecular flexibility index (Phi) is 2.74. The van der Waals surface area contributed by atoms with Gasteiger partial charge in [0.1, 0.15) is 0 Å². The van der Waals surface area contributed by atoms with Gasteiger partial charge in [0, 0.05) is 12.1 Å². The molecule has 0 aromatic rings. The molecule has 4 bridgehead atoms. The molecule has 1 unspecified atom stereocenters. The number of hydrogen-bond donors (Lipinski definition) is 1. The smallest absolute Gasteiger partial charge is 0.0217 e. The maximum Gasteiger partial charge on any atom is 0.0217 e. The lowest BCUT2D eigenvalue weighted by Gasteiger charge is -2.60. The van der Waals surface area contributed by atoms with E-state index in [1.165, 1.54) is 26.1 Å². The van der Waals surface area contributed by atoms with Crippen LogP contribution in [0.25, 0.3) is 0 Å². The summed E-state index contributed by atoms with van der Waals surface area (Å²) < 4.78 is 0. The van der Waals surface area contributed by atoms with Gasteiger partial charge in [0.2, 0.25) is 0 Å². The first-order valence-corrected chi connectivity index (χ1v) is 8.17. The third-order valence-electron chi connectivity index (χ3n) is 6.46. The molecule has 0 aromatic heterocycles. The van der Waals surface area contributed by atoms with Crippen molar-refractivity contribution in [2.75, 3.05) is 26.7 Å². The molecule has 5 fully saturated rings. The molecule has 5 aliphatic rings. The average molecular weight is 248 g/mol. The summed E-state index contributed by atoms with van der Waals surface area (Å²) in [5.41, 5.74) is 0.664. The van der Waals surface area contributed by atoms with E-state index < -0.39 is 0 Å². The van der Waals surface area contributed by atoms with Gasteiger partial charge in [-0.05, 0) is 88.8 Å². The molecule has 102 valence electrons. The second-order valence-corrected chi connectivity index (χ2v) is 7.80. The van der Waals surface area contributed by atoms with E-state index in [2.05, 4.69) is 17.3 Å². The Morgan fingerprint density at radius 3 is 2.22 bits per heavy atom. The Hall–Kier alpha value is -0.0800. The van der Waals surface area contributed by atoms with Crippen LogP contribution in [0.1, 0.15) is 44.9 Å². The molecule has 2 heteroatoms. The van der Waals surface area contributed by atoms with Gasteiger partial charge in [-0.1, -0.05) is 0 Å². The largest absolute Gasteiger partial charge is 0.319 e. The molecule has 4 aliphatic carbocycles. The van der Waals surface area contributed by atoms with Crippen LogP contribution in [0.15, 0.2) is 0 Å². The number of nitrogens with zero attached hydrogens (tertiary/aromatic N) is 1. The van der Waals surface area contributed by atoms with Gasteiger partial charge >= 0.3 is 0 Å². The minimum atomic E-state index is 0.664. The lowest BCUT2D eigenvalue weighted by molar-refractivity contribution is -0.0813. The molecule has 1 aliphatic heterocycles. The highest BCUT2D eigenvalue weighted by atomic mass is 15.2. The summed E-state index contributed by atoms with van der Waals surface area (Å²) in [5.74, 6) is 4.21. The minimum absolute atomic E-state index is 0.664. The standard InChI is InChI=1S/C16H28N2/c1-17-10-12-2-3-18(11-12)16-7-13-4-14(8-16)6-15(5-13)9-16/h12-15,17H,2-11H2,1H3. The van der Waals surface area contributed by atoms with E-state index in [-0.39, 0.29) is 0 Å². The summed E-state index contributed by atoms with van der Waals surface area (Å²) in [6.07, 6.45) is 10.8. The van der Waals surface area contributed by atoms with Crippen molar-refractivity contribution < 1.29 is 0 Å². The van der Waals surface area contributed by atoms with Crippen LogP contribution < -0.4 is 5.32 Å². The molecule has 0 radical (unpaired) electrons. The molecule has 5 rings (SSSR count). The Morgan fingerprint density at radius 1 is 1.06 bits per heavy atom. The van der Waals surface area contributed by atoms with E-state index in [4.69, 9.17) is 0 Å². The molecule has 1 saturated heterocycles. The average Bonchev–Trinajstić information content (AvgIpc) is 2.77. The van der Waals surface area contributed by atoms with Crippen molar-refractivity contribution in [1.29, 1.82) is 0 Å². The fourth-order valence-corrected chi connectivity index (χ4v) is 6.17. The molecule has 1 heterocycles. The van der Waals surface area contributed by atoms with Gasteiger partial charge in [-0.3, -0.25) is 4.90 Å². The van der Waals surface area contributed by atoms with Crippen molar-refractivity contribution in [1.82, 2.24) is 10.2 Å². The summed E-state index contributed by atoms with van der Waals surface area (Å²) >= 11 is 0. The third-order valence-corrected chi connectivity index (χ3v) is 6.46. The van der Waals surface area contributed by atoms with Crippen LogP contribution in [0.4, 0.5) is 0 Å². The van der Waals surface area contributed by atoms with E-state index in [9.17, 15) is 0 Å². The van der Waals surface area contributed by atoms with Gasteiger partial charge in [-0.2, -0.15) is 0 Å². The molecular formula is C16H28N2. The van der Waals surface area contributed by atoms with Crippen molar-refractivity contribution in [3.63, 3.8) is 0 Å². The highest BCUT2D eigenvalue weighted by Gasteiger charge is 2.54. The van der Waals surface area contributed by atoms with Crippen LogP contribution in [0.5, 0.6) is 0 Å². The topological polar surface area (TPSA) is 15.3 Å². The Bertz CT molecular complexity index is 290. The molecular weight excluding hydrogens is 220 g/mol. The van der Waals surface area contributed by atoms with Crippen LogP contribution in [0, 0.1) is 23.7 Å². The summed E-state index contributed by atoms with van der Waals surface area (Å²) in [6, 6.07) is 0. The molecule has 18 heavy (non-hydrogen) atoms. The molecule has 0 amide bonds. The van der Waals surface area contributed by atoms with Crippen LogP contribution in [0.3, 0.4) is 0 Å². The monoisotopic (exact) mass is 248 g/mol. The van der Waals surface area contributed by atoms with Crippen LogP contribution in [-0.4, -0.2) is 37.1 Å². The maximum absolute atomic E-state index is 3.38. The summed E-state index contributed by atoms with van der Waals surface area (Å²) in [4.78, 5) is 2.93. The van der Waals surface area contributed by atoms with Gasteiger partial charge in [-0.15, -0.1) is 0 Å². The van der Waals surface area contributed by atoms with Crippen LogP contribution in [-0.2, 0) is 0 Å². The fraction of sp³-hybridized carbons (Fsp3) is 1.00. The maximum atomic E-state index is 3.38. The predicted molar refractivity (Wildman–Crippen MR) is 74.5 cm³/mol. The highest BCUT2D eigenvalue weighted by Crippen LogP contribution is 2.58. The van der Waals surface area contributed by atoms with E-state index in [0.29, 0.717) is 5.54 Å². The van der Waals surface area contributed by atoms with Gasteiger partial charge in [0.05, 0.1) is 0 Å². The van der Waals surface area contributed by atoms with E-state index in [1.807, 2.05) is 0 Å². The second kappa shape index (κ2) is 4.21. The van der Waals surface area contributed by atoms with Gasteiger partial charge in [0.25, 0.3) is 0 Å². The Morgan fingerprint density at radius 2 is 1.67 bits per heavy atom. The number of likely N-dealkylation sites (tertiary alicyclic amines) is 1. The lowest BCUT2D eigenvalue weighted by Crippen LogP contribution is -2.59. The van der Waals surface area contributed by atoms with Crippen molar-refractivity contribution in [3.05, 3.63) is 0 Å². The first-order chi connectivity index (χ1) is 8.77. The van der Waals surface area contributed by atoms with Crippen molar-refractivity contribution in [2.24, 2.45) is 23.7 Å². The van der Waals surface area contributed by atoms with Gasteiger partial charge in [-0.25, -0.2) is 0 Å². The summed E-state index contributed by atoms with van der Waals surface area (Å²) in [5, 5.41) is 3.38. The quantitative estimate of drug-likeness (QED) is 0.825. The normalized spacial score (nSPS) is 51.2. The fourth-order valence-electron chi connectivity index (χ4n) is 6.17. The first kappa shape index (κ1) is 11.7. The minimum Gasteiger partial charge on any atom is -0.319 e. The number of nitrogens with one attached hydrogen (secondary N) is 1. The molecule has 1 N–H and O–H groups in total. The predicted octanol–water partition coefficient (Wildman–Crippen LogP) is 2.50. The zero-order valence-electron chi connectivity index (χ0n) is 11.8. The highest BCUT2D eigenvalue weighted by molar-refractivity contribution is 5.08. The van der Waals surface area contributed by atoms with Crippen molar-refractivity contribution >= 4 is 0 Å². The lowest BCUT2D eigenvalue weighted by atomic mass is 9.52. The number of hydrogen-bond acceptors (Lipinski definition) is 2. The van der Waals surface area contributed by atoms with Gasteiger partial charge in [0.15, 0.2) is 0 Å². The molecule has 0 spiro atoms. The molecule has 0 aromatic carbocycles. The molecule has 1 atom stereocenters. The SMILES string of the molecule is CNCC1CCN(C23CC4CC(CC(C4)C2)C3)C1. The zero-order chi connectivity index (χ0) is 12.2. The van der Waals surface area contributed by atoms with Crippen molar-refractivity contribution in [3.8, 4) is 0 Å². The molecule has 2 nitrogen and oxygen atoms in total. The second-order valence-electron chi connectivity index (χ2n) is 7.80. The summed E-state index contributed by atoms with van der Waals surface area (Å²) in [7, 11) is 2.10. The first-order valence-electron chi connectivity index (χ1n) is 8.17. The van der Waals surface area contributed by atoms with E-state index >= 15 is 0 Å². The van der Waals surface area contributed by atoms with Crippen molar-refractivity contribution in [2.45, 2.75) is 50.5 Å². The van der Waals surface area contributed by atoms with Gasteiger partial charge < -0.3 is 5.32 Å². The van der Waals surface area contributed by atoms with E-state index in [1.54, 1.807) is 38.5 Å². The Balaban J connectivity index is 1.51. The zero-order valence-corrected chi connectivity index (χ0v) is 11.8. The van der Waals surface area contributed by atoms with E-state index in [0.717, 1.165) is 23.7 Å². The number of rotatable bonds is 3. The van der Waals surface area contributed by atoms with Crippen LogP contribution in [0.2, 0.25) is 0 Å². The van der Waals surface area contributed by atoms with Crippen LogP contribution >= 0.6 is 0 Å². The summed E-state index contributed by atoms with van der Waals surface area (Å²) in [6.45, 7) is 3.99. The Labute approximate surface area is 111 Å². The molecule has 4 saturated carbocycles.